The number of aliphatic hydroxyl groups is 15. The standard InChI is InChI=1S/C78H141N3O28/c1-5-7-9-11-13-15-17-19-20-21-22-23-24-25-26-27-28-30-32-34-36-38-40-42-58(90)81-51(52(89)41-39-37-35-33-31-29-18-16-14-12-10-8-6-2)48-100-76-68(98)66(96)71(56(46-85)104-76)107-78-69(99)73(72(57(47-86)105-78)108-74-59(79-49(3)87)63(93)61(91)53(43-82)101-74)109-75-60(80-50(4)88)64(94)70(55(45-84)103-75)106-77-67(97)65(95)62(92)54(44-83)102-77/h19-20,39,41,51-57,59-78,82-86,89,91-99H,5-18,21-38,40,42-48H2,1-4H3,(H,79,87)(H,80,88)(H,81,90)/b20-19-,41-39+/t51-,52+,53?,54?,55?,56?,57?,59?,60?,61-,62-,63+,64+,65-,66+,67?,68?,69?,70+,71+,72-,73+,74-,75-,76+,77-,78-/m0/s1. The highest BCUT2D eigenvalue weighted by molar-refractivity contribution is 5.76. The molecule has 5 fully saturated rings. The molecule has 0 radical (unpaired) electrons. The average molecular weight is 1570 g/mol. The largest absolute Gasteiger partial charge is 0.394 e. The van der Waals surface area contributed by atoms with Gasteiger partial charge in [0.15, 0.2) is 31.5 Å². The van der Waals surface area contributed by atoms with Crippen molar-refractivity contribution in [3.63, 3.8) is 0 Å². The third-order valence-electron chi connectivity index (χ3n) is 21.3. The third-order valence-corrected chi connectivity index (χ3v) is 21.3. The van der Waals surface area contributed by atoms with Crippen LogP contribution in [0.25, 0.3) is 0 Å². The summed E-state index contributed by atoms with van der Waals surface area (Å²) in [6.45, 7) is 1.22. The first-order chi connectivity index (χ1) is 52.6. The molecule has 5 rings (SSSR count). The third kappa shape index (κ3) is 32.8. The first kappa shape index (κ1) is 96.5. The molecule has 0 saturated carbocycles. The first-order valence-corrected chi connectivity index (χ1v) is 41.1. The van der Waals surface area contributed by atoms with Crippen molar-refractivity contribution in [2.24, 2.45) is 0 Å². The smallest absolute Gasteiger partial charge is 0.220 e. The molecule has 5 aliphatic rings. The Morgan fingerprint density at radius 3 is 1.16 bits per heavy atom. The number of hydrogen-bond donors (Lipinski definition) is 18. The van der Waals surface area contributed by atoms with E-state index in [-0.39, 0.29) is 12.3 Å². The van der Waals surface area contributed by atoms with Crippen LogP contribution >= 0.6 is 0 Å². The number of aliphatic hydroxyl groups excluding tert-OH is 15. The van der Waals surface area contributed by atoms with Crippen molar-refractivity contribution in [2.45, 2.75) is 412 Å². The minimum absolute atomic E-state index is 0.168. The van der Waals surface area contributed by atoms with E-state index in [2.05, 4.69) is 41.9 Å². The molecule has 0 aromatic heterocycles. The lowest BCUT2D eigenvalue weighted by Gasteiger charge is -2.51. The normalized spacial score (nSPS) is 33.7. The van der Waals surface area contributed by atoms with Crippen molar-refractivity contribution < 1.29 is 138 Å². The number of rotatable bonds is 56. The second-order valence-electron chi connectivity index (χ2n) is 30.3. The lowest BCUT2D eigenvalue weighted by Crippen LogP contribution is -2.71. The van der Waals surface area contributed by atoms with Gasteiger partial charge in [0.25, 0.3) is 0 Å². The molecule has 5 heterocycles. The summed E-state index contributed by atoms with van der Waals surface area (Å²) >= 11 is 0. The highest BCUT2D eigenvalue weighted by Gasteiger charge is 2.58. The van der Waals surface area contributed by atoms with Gasteiger partial charge in [-0.05, 0) is 44.9 Å². The van der Waals surface area contributed by atoms with Crippen LogP contribution in [0.1, 0.15) is 246 Å². The molecule has 18 N–H and O–H groups in total. The molecule has 31 heteroatoms. The second kappa shape index (κ2) is 54.7. The van der Waals surface area contributed by atoms with Crippen LogP contribution in [0, 0.1) is 0 Å². The molecule has 636 valence electrons. The van der Waals surface area contributed by atoms with Crippen molar-refractivity contribution in [3.8, 4) is 0 Å². The SMILES string of the molecule is CCCCCCCC/C=C\CCCCCCCCCCCCCCCC(=O)N[C@@H](CO[C@@H]1OC(CO)[C@@H](O[C@@H]2OC(CO)[C@H](O[C@@H]3OC(CO)[C@H](O)[C@H](O)C3NC(C)=O)[C@H](O[C@@H]3OC(CO)[C@@H](O[C@@H]4OC(CO)[C@H](O)[C@H](O)C4O)[C@H](O)C3NC(C)=O)C2O)[C@H](O)C1O)[C@H](O)/C=C/CCCCCCCCCCCCC. The van der Waals surface area contributed by atoms with E-state index in [1.807, 2.05) is 6.08 Å². The fourth-order valence-electron chi connectivity index (χ4n) is 14.7. The maximum Gasteiger partial charge on any atom is 0.220 e. The van der Waals surface area contributed by atoms with Crippen LogP contribution in [0.4, 0.5) is 0 Å². The van der Waals surface area contributed by atoms with E-state index in [0.29, 0.717) is 12.8 Å². The van der Waals surface area contributed by atoms with Crippen LogP contribution in [-0.4, -0.2) is 300 Å². The van der Waals surface area contributed by atoms with Crippen LogP contribution in [0.3, 0.4) is 0 Å². The zero-order chi connectivity index (χ0) is 79.6. The molecule has 0 aromatic rings. The topological polar surface area (TPSA) is 483 Å². The summed E-state index contributed by atoms with van der Waals surface area (Å²) < 4.78 is 60.3. The van der Waals surface area contributed by atoms with Gasteiger partial charge in [-0.1, -0.05) is 205 Å². The lowest BCUT2D eigenvalue weighted by atomic mass is 9.93. The molecule has 5 saturated heterocycles. The van der Waals surface area contributed by atoms with E-state index in [0.717, 1.165) is 65.2 Å². The van der Waals surface area contributed by atoms with Gasteiger partial charge in [0.05, 0.1) is 51.8 Å². The molecule has 5 aliphatic heterocycles. The number of carbonyl (C=O) groups excluding carboxylic acids is 3. The summed E-state index contributed by atoms with van der Waals surface area (Å²) in [4.78, 5) is 39.2. The summed E-state index contributed by atoms with van der Waals surface area (Å²) in [6, 6.07) is -4.57. The van der Waals surface area contributed by atoms with Crippen molar-refractivity contribution >= 4 is 17.7 Å². The van der Waals surface area contributed by atoms with Crippen molar-refractivity contribution in [1.29, 1.82) is 0 Å². The van der Waals surface area contributed by atoms with E-state index < -0.39 is 217 Å². The average Bonchev–Trinajstić information content (AvgIpc) is 0.763. The molecule has 31 nitrogen and oxygen atoms in total. The van der Waals surface area contributed by atoms with E-state index in [1.165, 1.54) is 148 Å². The molecule has 27 atom stereocenters. The second-order valence-corrected chi connectivity index (χ2v) is 30.3. The van der Waals surface area contributed by atoms with Gasteiger partial charge in [-0.25, -0.2) is 0 Å². The Hall–Kier alpha value is -3.11. The number of nitrogens with one attached hydrogen (secondary N) is 3. The Kier molecular flexibility index (Phi) is 48.4. The molecule has 3 amide bonds. The van der Waals surface area contributed by atoms with E-state index in [9.17, 15) is 91.0 Å². The van der Waals surface area contributed by atoms with Gasteiger partial charge in [0.1, 0.15) is 122 Å². The molecular formula is C78H141N3O28. The van der Waals surface area contributed by atoms with Gasteiger partial charge in [0, 0.05) is 20.3 Å². The number of ether oxygens (including phenoxy) is 10. The van der Waals surface area contributed by atoms with Gasteiger partial charge in [0.2, 0.25) is 17.7 Å². The molecule has 109 heavy (non-hydrogen) atoms. The number of amides is 3. The summed E-state index contributed by atoms with van der Waals surface area (Å²) in [5.41, 5.74) is 0. The number of hydrogen-bond acceptors (Lipinski definition) is 28. The molecular weight excluding hydrogens is 1430 g/mol. The maximum atomic E-state index is 13.6. The quantitative estimate of drug-likeness (QED) is 0.0307. The van der Waals surface area contributed by atoms with Crippen LogP contribution in [0.15, 0.2) is 24.3 Å². The number of unbranched alkanes of at least 4 members (excludes halogenated alkanes) is 30. The first-order valence-electron chi connectivity index (χ1n) is 41.1. The number of carbonyl (C=O) groups is 3. The maximum absolute atomic E-state index is 13.6. The molecule has 0 spiro atoms. The number of allylic oxidation sites excluding steroid dienone is 3. The fourth-order valence-corrected chi connectivity index (χ4v) is 14.7. The van der Waals surface area contributed by atoms with Gasteiger partial charge < -0.3 is 140 Å². The monoisotopic (exact) mass is 1570 g/mol. The van der Waals surface area contributed by atoms with Gasteiger partial charge >= 0.3 is 0 Å². The van der Waals surface area contributed by atoms with Crippen LogP contribution in [0.2, 0.25) is 0 Å². The van der Waals surface area contributed by atoms with Crippen molar-refractivity contribution in [3.05, 3.63) is 24.3 Å². The van der Waals surface area contributed by atoms with E-state index in [4.69, 9.17) is 47.4 Å². The van der Waals surface area contributed by atoms with Crippen molar-refractivity contribution in [2.75, 3.05) is 39.6 Å². The van der Waals surface area contributed by atoms with E-state index >= 15 is 0 Å². The van der Waals surface area contributed by atoms with Gasteiger partial charge in [-0.15, -0.1) is 0 Å². The minimum atomic E-state index is -2.29. The zero-order valence-corrected chi connectivity index (χ0v) is 65.2. The molecule has 0 aromatic carbocycles. The Labute approximate surface area is 645 Å². The van der Waals surface area contributed by atoms with Crippen LogP contribution < -0.4 is 16.0 Å². The summed E-state index contributed by atoms with van der Waals surface area (Å²) in [5, 5.41) is 174. The predicted molar refractivity (Wildman–Crippen MR) is 398 cm³/mol. The lowest BCUT2D eigenvalue weighted by molar-refractivity contribution is -0.395. The van der Waals surface area contributed by atoms with Gasteiger partial charge in [-0.3, -0.25) is 14.4 Å². The minimum Gasteiger partial charge on any atom is -0.394 e. The highest BCUT2D eigenvalue weighted by Crippen LogP contribution is 2.38. The predicted octanol–water partition coefficient (Wildman–Crippen LogP) is 2.65. The van der Waals surface area contributed by atoms with Crippen LogP contribution in [0.5, 0.6) is 0 Å². The zero-order valence-electron chi connectivity index (χ0n) is 65.2. The Morgan fingerprint density at radius 1 is 0.358 bits per heavy atom. The molecule has 0 bridgehead atoms. The Morgan fingerprint density at radius 2 is 0.697 bits per heavy atom. The summed E-state index contributed by atoms with van der Waals surface area (Å²) in [6.07, 6.45) is 1.90. The fraction of sp³-hybridized carbons (Fsp3) is 0.910. The Balaban J connectivity index is 1.25. The van der Waals surface area contributed by atoms with Gasteiger partial charge in [-0.2, -0.15) is 0 Å². The van der Waals surface area contributed by atoms with E-state index in [1.54, 1.807) is 6.08 Å². The molecule has 0 aliphatic carbocycles. The van der Waals surface area contributed by atoms with Crippen molar-refractivity contribution in [1.82, 2.24) is 16.0 Å². The Bertz CT molecular complexity index is 2460. The molecule has 10 unspecified atom stereocenters. The summed E-state index contributed by atoms with van der Waals surface area (Å²) in [7, 11) is 0. The highest BCUT2D eigenvalue weighted by atomic mass is 16.8. The summed E-state index contributed by atoms with van der Waals surface area (Å²) in [5.74, 6) is -1.97. The van der Waals surface area contributed by atoms with Crippen LogP contribution in [-0.2, 0) is 61.8 Å².